The number of nitrogens with zero attached hydrogens (tertiary/aromatic N) is 4. The van der Waals surface area contributed by atoms with Gasteiger partial charge in [-0.25, -0.2) is 13.8 Å². The van der Waals surface area contributed by atoms with E-state index in [0.717, 1.165) is 55.4 Å². The topological polar surface area (TPSA) is 41.4 Å². The highest BCUT2D eigenvalue weighted by atomic mass is 19.2. The molecule has 0 saturated carbocycles. The van der Waals surface area contributed by atoms with E-state index in [2.05, 4.69) is 21.6 Å². The van der Waals surface area contributed by atoms with Gasteiger partial charge in [-0.1, -0.05) is 43.7 Å². The van der Waals surface area contributed by atoms with Gasteiger partial charge in [0.05, 0.1) is 23.1 Å². The number of imidazole rings is 1. The summed E-state index contributed by atoms with van der Waals surface area (Å²) >= 11 is 0. The fraction of sp³-hybridized carbons (Fsp3) is 0.407. The summed E-state index contributed by atoms with van der Waals surface area (Å²) in [6.45, 7) is 6.56. The van der Waals surface area contributed by atoms with E-state index in [-0.39, 0.29) is 12.1 Å². The largest absolute Gasteiger partial charge is 0.331 e. The number of aromatic nitrogens is 2. The zero-order valence-electron chi connectivity index (χ0n) is 19.7. The molecule has 0 N–H and O–H groups in total. The van der Waals surface area contributed by atoms with Crippen molar-refractivity contribution < 1.29 is 13.6 Å². The number of halogens is 2. The summed E-state index contributed by atoms with van der Waals surface area (Å²) in [7, 11) is 0. The van der Waals surface area contributed by atoms with E-state index >= 15 is 0 Å². The maximum atomic E-state index is 14.4. The van der Waals surface area contributed by atoms with Gasteiger partial charge in [-0.15, -0.1) is 0 Å². The first-order valence-electron chi connectivity index (χ1n) is 12.1. The second-order valence-corrected chi connectivity index (χ2v) is 8.79. The van der Waals surface area contributed by atoms with Crippen LogP contribution in [0.4, 0.5) is 8.78 Å². The Kier molecular flexibility index (Phi) is 8.06. The minimum Gasteiger partial charge on any atom is -0.331 e. The summed E-state index contributed by atoms with van der Waals surface area (Å²) in [5, 5.41) is 0. The van der Waals surface area contributed by atoms with Crippen molar-refractivity contribution in [3.63, 3.8) is 0 Å². The molecule has 0 aliphatic carbocycles. The average molecular weight is 467 g/mol. The number of unbranched alkanes of at least 4 members (excludes halogenated alkanes) is 1. The highest BCUT2D eigenvalue weighted by molar-refractivity contribution is 5.94. The van der Waals surface area contributed by atoms with Crippen LogP contribution < -0.4 is 0 Å². The van der Waals surface area contributed by atoms with Gasteiger partial charge in [-0.2, -0.15) is 0 Å². The minimum atomic E-state index is -1.10. The van der Waals surface area contributed by atoms with Crippen LogP contribution in [0.5, 0.6) is 0 Å². The molecular formula is C27H32F2N4O. The number of hydrogen-bond donors (Lipinski definition) is 0. The summed E-state index contributed by atoms with van der Waals surface area (Å²) in [5.74, 6) is -1.91. The molecule has 0 unspecified atom stereocenters. The Balaban J connectivity index is 1.59. The first-order chi connectivity index (χ1) is 16.6. The Morgan fingerprint density at radius 2 is 1.82 bits per heavy atom. The van der Waals surface area contributed by atoms with Gasteiger partial charge in [0.25, 0.3) is 5.91 Å². The molecule has 0 atom stereocenters. The fourth-order valence-electron chi connectivity index (χ4n) is 4.43. The van der Waals surface area contributed by atoms with E-state index in [0.29, 0.717) is 13.1 Å². The Hall–Kier alpha value is -3.06. The number of likely N-dealkylation sites (tertiary alicyclic amines) is 1. The first-order valence-corrected chi connectivity index (χ1v) is 12.1. The summed E-state index contributed by atoms with van der Waals surface area (Å²) in [6.07, 6.45) is 8.49. The molecule has 1 amide bonds. The molecule has 1 saturated heterocycles. The lowest BCUT2D eigenvalue weighted by Gasteiger charge is -2.23. The number of amides is 1. The first kappa shape index (κ1) is 24.1. The third-order valence-corrected chi connectivity index (χ3v) is 6.33. The van der Waals surface area contributed by atoms with E-state index in [1.165, 1.54) is 25.0 Å². The number of allylic oxidation sites excluding steroid dienone is 1. The molecule has 34 heavy (non-hydrogen) atoms. The number of benzene rings is 2. The lowest BCUT2D eigenvalue weighted by Crippen LogP contribution is -2.33. The predicted octanol–water partition coefficient (Wildman–Crippen LogP) is 5.41. The van der Waals surface area contributed by atoms with Crippen molar-refractivity contribution in [2.75, 3.05) is 26.2 Å². The minimum absolute atomic E-state index is 0.226. The molecule has 5 nitrogen and oxygen atoms in total. The normalized spacial score (nSPS) is 14.4. The smallest absolute Gasteiger partial charge is 0.257 e. The van der Waals surface area contributed by atoms with Crippen molar-refractivity contribution in [1.29, 1.82) is 0 Å². The van der Waals surface area contributed by atoms with Crippen LogP contribution in [0.25, 0.3) is 11.0 Å². The zero-order chi connectivity index (χ0) is 23.9. The third-order valence-electron chi connectivity index (χ3n) is 6.33. The maximum Gasteiger partial charge on any atom is 0.257 e. The van der Waals surface area contributed by atoms with Crippen LogP contribution in [-0.2, 0) is 13.1 Å². The van der Waals surface area contributed by atoms with Crippen LogP contribution in [0.1, 0.15) is 48.8 Å². The molecule has 3 aromatic rings. The van der Waals surface area contributed by atoms with Crippen LogP contribution in [0.3, 0.4) is 0 Å². The van der Waals surface area contributed by atoms with Crippen LogP contribution in [0, 0.1) is 11.6 Å². The van der Waals surface area contributed by atoms with Crippen LogP contribution >= 0.6 is 0 Å². The molecule has 7 heteroatoms. The van der Waals surface area contributed by atoms with Gasteiger partial charge in [0.15, 0.2) is 11.6 Å². The molecule has 1 aliphatic rings. The molecule has 2 aromatic carbocycles. The SMILES string of the molecule is CCCCN(Cc1nc2ccccc2n1CC=CCN1CCCC1)C(=O)c1cccc(F)c1F. The standard InChI is InChI=1S/C27H32F2N4O/c1-2-3-18-32(27(34)21-11-10-12-22(28)26(21)29)20-25-30-23-13-4-5-14-24(23)33(25)19-9-8-17-31-15-6-7-16-31/h4-5,8-14H,2-3,6-7,15-20H2,1H3. The van der Waals surface area contributed by atoms with E-state index in [1.807, 2.05) is 31.2 Å². The van der Waals surface area contributed by atoms with E-state index < -0.39 is 17.5 Å². The molecule has 180 valence electrons. The van der Waals surface area contributed by atoms with Crippen molar-refractivity contribution in [2.45, 2.75) is 45.7 Å². The van der Waals surface area contributed by atoms with Crippen molar-refractivity contribution in [3.8, 4) is 0 Å². The van der Waals surface area contributed by atoms with Crippen molar-refractivity contribution in [3.05, 3.63) is 77.6 Å². The van der Waals surface area contributed by atoms with E-state index in [4.69, 9.17) is 4.98 Å². The number of hydrogen-bond acceptors (Lipinski definition) is 3. The molecule has 2 heterocycles. The molecule has 1 fully saturated rings. The molecule has 0 radical (unpaired) electrons. The number of fused-ring (bicyclic) bond motifs is 1. The average Bonchev–Trinajstić information content (AvgIpc) is 3.48. The second kappa shape index (κ2) is 11.4. The van der Waals surface area contributed by atoms with Gasteiger partial charge in [0.1, 0.15) is 5.82 Å². The number of carbonyl (C=O) groups excluding carboxylic acids is 1. The van der Waals surface area contributed by atoms with Gasteiger partial charge in [0.2, 0.25) is 0 Å². The van der Waals surface area contributed by atoms with Gasteiger partial charge in [0, 0.05) is 19.6 Å². The quantitative estimate of drug-likeness (QED) is 0.375. The Morgan fingerprint density at radius 1 is 1.06 bits per heavy atom. The lowest BCUT2D eigenvalue weighted by molar-refractivity contribution is 0.0729. The molecule has 4 rings (SSSR count). The summed E-state index contributed by atoms with van der Waals surface area (Å²) in [4.78, 5) is 22.0. The highest BCUT2D eigenvalue weighted by Gasteiger charge is 2.23. The lowest BCUT2D eigenvalue weighted by atomic mass is 10.1. The number of para-hydroxylation sites is 2. The Bertz CT molecular complexity index is 1150. The molecule has 1 aliphatic heterocycles. The zero-order valence-corrected chi connectivity index (χ0v) is 19.7. The summed E-state index contributed by atoms with van der Waals surface area (Å²) in [6, 6.07) is 11.6. The third kappa shape index (κ3) is 5.53. The van der Waals surface area contributed by atoms with Crippen molar-refractivity contribution in [2.24, 2.45) is 0 Å². The van der Waals surface area contributed by atoms with Gasteiger partial charge in [-0.3, -0.25) is 9.69 Å². The maximum absolute atomic E-state index is 14.4. The van der Waals surface area contributed by atoms with E-state index in [1.54, 1.807) is 4.90 Å². The molecule has 0 bridgehead atoms. The predicted molar refractivity (Wildman–Crippen MR) is 131 cm³/mol. The molecule has 1 aromatic heterocycles. The summed E-state index contributed by atoms with van der Waals surface area (Å²) < 4.78 is 30.3. The Labute approximate surface area is 199 Å². The molecule has 0 spiro atoms. The van der Waals surface area contributed by atoms with Gasteiger partial charge >= 0.3 is 0 Å². The van der Waals surface area contributed by atoms with Crippen LogP contribution in [0.2, 0.25) is 0 Å². The number of rotatable bonds is 10. The van der Waals surface area contributed by atoms with Crippen molar-refractivity contribution >= 4 is 16.9 Å². The van der Waals surface area contributed by atoms with Crippen molar-refractivity contribution in [1.82, 2.24) is 19.4 Å². The van der Waals surface area contributed by atoms with Crippen LogP contribution in [-0.4, -0.2) is 51.4 Å². The fourth-order valence-corrected chi connectivity index (χ4v) is 4.43. The van der Waals surface area contributed by atoms with Gasteiger partial charge in [-0.05, 0) is 56.6 Å². The second-order valence-electron chi connectivity index (χ2n) is 8.79. The van der Waals surface area contributed by atoms with E-state index in [9.17, 15) is 13.6 Å². The number of carbonyl (C=O) groups is 1. The Morgan fingerprint density at radius 3 is 2.62 bits per heavy atom. The summed E-state index contributed by atoms with van der Waals surface area (Å²) in [5.41, 5.74) is 1.60. The molecular weight excluding hydrogens is 434 g/mol. The van der Waals surface area contributed by atoms with Crippen LogP contribution in [0.15, 0.2) is 54.6 Å². The monoisotopic (exact) mass is 466 g/mol. The van der Waals surface area contributed by atoms with Gasteiger partial charge < -0.3 is 9.47 Å². The highest BCUT2D eigenvalue weighted by Crippen LogP contribution is 2.20.